The smallest absolute Gasteiger partial charge is 0.128 e. The maximum absolute atomic E-state index is 13.2. The molecular formula is C15H19F2NO. The number of hydrogen-bond acceptors (Lipinski definition) is 2. The van der Waals surface area contributed by atoms with Gasteiger partial charge in [-0.1, -0.05) is 6.42 Å². The highest BCUT2D eigenvalue weighted by Gasteiger charge is 2.58. The van der Waals surface area contributed by atoms with Crippen molar-refractivity contribution in [3.05, 3.63) is 29.8 Å². The molecule has 0 aromatic heterocycles. The van der Waals surface area contributed by atoms with Crippen LogP contribution in [-0.4, -0.2) is 18.8 Å². The molecule has 2 unspecified atom stereocenters. The van der Waals surface area contributed by atoms with Crippen LogP contribution in [0.3, 0.4) is 0 Å². The lowest BCUT2D eigenvalue weighted by Crippen LogP contribution is -2.64. The van der Waals surface area contributed by atoms with Crippen molar-refractivity contribution in [2.24, 2.45) is 5.41 Å². The normalized spacial score (nSPS) is 27.7. The fourth-order valence-electron chi connectivity index (χ4n) is 3.48. The molecule has 0 amide bonds. The first-order valence-corrected chi connectivity index (χ1v) is 6.98. The lowest BCUT2D eigenvalue weighted by Gasteiger charge is -2.61. The monoisotopic (exact) mass is 267 g/mol. The molecule has 0 radical (unpaired) electrons. The van der Waals surface area contributed by atoms with Crippen LogP contribution in [0.5, 0.6) is 0 Å². The van der Waals surface area contributed by atoms with Crippen molar-refractivity contribution in [1.29, 1.82) is 0 Å². The third-order valence-electron chi connectivity index (χ3n) is 4.64. The first-order valence-electron chi connectivity index (χ1n) is 6.98. The second kappa shape index (κ2) is 4.75. The number of halogens is 2. The van der Waals surface area contributed by atoms with E-state index in [1.54, 1.807) is 0 Å². The van der Waals surface area contributed by atoms with Crippen LogP contribution < -0.4 is 5.32 Å². The van der Waals surface area contributed by atoms with E-state index in [1.165, 1.54) is 18.6 Å². The lowest BCUT2D eigenvalue weighted by molar-refractivity contribution is -0.157. The maximum atomic E-state index is 13.2. The molecule has 3 rings (SSSR count). The Bertz CT molecular complexity index is 453. The minimum atomic E-state index is -0.536. The van der Waals surface area contributed by atoms with Gasteiger partial charge in [0.15, 0.2) is 0 Å². The summed E-state index contributed by atoms with van der Waals surface area (Å²) in [5.74, 6) is -1.07. The van der Waals surface area contributed by atoms with E-state index in [4.69, 9.17) is 4.74 Å². The summed E-state index contributed by atoms with van der Waals surface area (Å²) in [5, 5.41) is 3.28. The fraction of sp³-hybridized carbons (Fsp3) is 0.600. The zero-order valence-corrected chi connectivity index (χ0v) is 11.1. The molecule has 104 valence electrons. The number of benzene rings is 1. The molecule has 0 saturated heterocycles. The van der Waals surface area contributed by atoms with Crippen LogP contribution in [0, 0.1) is 17.0 Å². The molecule has 2 fully saturated rings. The maximum Gasteiger partial charge on any atom is 0.128 e. The average Bonchev–Trinajstić information content (AvgIpc) is 2.23. The van der Waals surface area contributed by atoms with Crippen LogP contribution in [0.25, 0.3) is 0 Å². The van der Waals surface area contributed by atoms with Crippen LogP contribution in [0.1, 0.15) is 32.6 Å². The topological polar surface area (TPSA) is 21.3 Å². The van der Waals surface area contributed by atoms with E-state index in [1.807, 2.05) is 6.92 Å². The Balaban J connectivity index is 1.71. The quantitative estimate of drug-likeness (QED) is 0.897. The zero-order valence-electron chi connectivity index (χ0n) is 11.1. The third kappa shape index (κ3) is 2.12. The Hall–Kier alpha value is -1.16. The van der Waals surface area contributed by atoms with Crippen molar-refractivity contribution >= 4 is 5.69 Å². The molecule has 19 heavy (non-hydrogen) atoms. The van der Waals surface area contributed by atoms with E-state index in [9.17, 15) is 8.78 Å². The predicted molar refractivity (Wildman–Crippen MR) is 70.1 cm³/mol. The van der Waals surface area contributed by atoms with Gasteiger partial charge in [-0.25, -0.2) is 8.78 Å². The second-order valence-corrected chi connectivity index (χ2v) is 5.62. The Labute approximate surface area is 112 Å². The van der Waals surface area contributed by atoms with Gasteiger partial charge in [-0.05, 0) is 38.3 Å². The van der Waals surface area contributed by atoms with Gasteiger partial charge in [0.1, 0.15) is 11.6 Å². The summed E-state index contributed by atoms with van der Waals surface area (Å²) in [4.78, 5) is 0. The van der Waals surface area contributed by atoms with Gasteiger partial charge in [-0.15, -0.1) is 0 Å². The summed E-state index contributed by atoms with van der Waals surface area (Å²) in [5.41, 5.74) is 0.724. The highest BCUT2D eigenvalue weighted by molar-refractivity contribution is 5.46. The molecule has 2 aliphatic carbocycles. The molecule has 1 N–H and O–H groups in total. The number of anilines is 1. The lowest BCUT2D eigenvalue weighted by atomic mass is 9.51. The van der Waals surface area contributed by atoms with Crippen molar-refractivity contribution in [1.82, 2.24) is 0 Å². The minimum absolute atomic E-state index is 0.193. The van der Waals surface area contributed by atoms with Crippen molar-refractivity contribution < 1.29 is 13.5 Å². The van der Waals surface area contributed by atoms with Gasteiger partial charge in [0.05, 0.1) is 6.10 Å². The molecule has 1 aromatic rings. The summed E-state index contributed by atoms with van der Waals surface area (Å²) in [6, 6.07) is 3.88. The summed E-state index contributed by atoms with van der Waals surface area (Å²) in [6.45, 7) is 2.74. The van der Waals surface area contributed by atoms with Crippen LogP contribution >= 0.6 is 0 Å². The summed E-state index contributed by atoms with van der Waals surface area (Å²) >= 11 is 0. The second-order valence-electron chi connectivity index (χ2n) is 5.62. The van der Waals surface area contributed by atoms with Crippen molar-refractivity contribution in [3.63, 3.8) is 0 Å². The van der Waals surface area contributed by atoms with E-state index < -0.39 is 11.6 Å². The molecular weight excluding hydrogens is 248 g/mol. The Morgan fingerprint density at radius 3 is 2.47 bits per heavy atom. The van der Waals surface area contributed by atoms with Crippen LogP contribution in [-0.2, 0) is 4.74 Å². The number of nitrogens with one attached hydrogen (secondary N) is 1. The van der Waals surface area contributed by atoms with Crippen LogP contribution in [0.15, 0.2) is 18.2 Å². The Kier molecular flexibility index (Phi) is 3.21. The standard InChI is InChI=1S/C15H19F2NO/c1-2-19-14-9-13(15(14)4-3-5-15)18-12-7-10(16)6-11(17)8-12/h6-8,13-14,18H,2-5,9H2,1H3. The number of ether oxygens (including phenoxy) is 1. The van der Waals surface area contributed by atoms with E-state index >= 15 is 0 Å². The molecule has 1 spiro atoms. The van der Waals surface area contributed by atoms with Gasteiger partial charge in [0, 0.05) is 29.8 Å². The van der Waals surface area contributed by atoms with Gasteiger partial charge in [-0.2, -0.15) is 0 Å². The van der Waals surface area contributed by atoms with Gasteiger partial charge < -0.3 is 10.1 Å². The van der Waals surface area contributed by atoms with E-state index in [2.05, 4.69) is 5.32 Å². The molecule has 2 saturated carbocycles. The summed E-state index contributed by atoms with van der Waals surface area (Å²) in [6.07, 6.45) is 4.74. The molecule has 2 atom stereocenters. The molecule has 2 nitrogen and oxygen atoms in total. The average molecular weight is 267 g/mol. The summed E-state index contributed by atoms with van der Waals surface area (Å²) in [7, 11) is 0. The highest BCUT2D eigenvalue weighted by Crippen LogP contribution is 2.58. The molecule has 0 heterocycles. The van der Waals surface area contributed by atoms with Crippen LogP contribution in [0.2, 0.25) is 0 Å². The first kappa shape index (κ1) is 12.9. The minimum Gasteiger partial charge on any atom is -0.381 e. The molecule has 1 aromatic carbocycles. The molecule has 0 aliphatic heterocycles. The van der Waals surface area contributed by atoms with Gasteiger partial charge in [0.25, 0.3) is 0 Å². The fourth-order valence-corrected chi connectivity index (χ4v) is 3.48. The van der Waals surface area contributed by atoms with Crippen LogP contribution in [0.4, 0.5) is 14.5 Å². The van der Waals surface area contributed by atoms with Crippen molar-refractivity contribution in [3.8, 4) is 0 Å². The van der Waals surface area contributed by atoms with Gasteiger partial charge in [-0.3, -0.25) is 0 Å². The Morgan fingerprint density at radius 1 is 1.26 bits per heavy atom. The summed E-state index contributed by atoms with van der Waals surface area (Å²) < 4.78 is 32.1. The van der Waals surface area contributed by atoms with Gasteiger partial charge >= 0.3 is 0 Å². The number of hydrogen-bond donors (Lipinski definition) is 1. The van der Waals surface area contributed by atoms with E-state index in [0.29, 0.717) is 11.8 Å². The highest BCUT2D eigenvalue weighted by atomic mass is 19.1. The van der Waals surface area contributed by atoms with Crippen molar-refractivity contribution in [2.45, 2.75) is 44.8 Å². The van der Waals surface area contributed by atoms with E-state index in [0.717, 1.165) is 31.9 Å². The largest absolute Gasteiger partial charge is 0.381 e. The zero-order chi connectivity index (χ0) is 13.5. The molecule has 4 heteroatoms. The third-order valence-corrected chi connectivity index (χ3v) is 4.64. The van der Waals surface area contributed by atoms with Gasteiger partial charge in [0.2, 0.25) is 0 Å². The molecule has 0 bridgehead atoms. The first-order chi connectivity index (χ1) is 9.14. The van der Waals surface area contributed by atoms with Crippen molar-refractivity contribution in [2.75, 3.05) is 11.9 Å². The SMILES string of the molecule is CCOC1CC(Nc2cc(F)cc(F)c2)C12CCC2. The predicted octanol–water partition coefficient (Wildman–Crippen LogP) is 3.72. The molecule has 2 aliphatic rings. The Morgan fingerprint density at radius 2 is 1.95 bits per heavy atom. The van der Waals surface area contributed by atoms with E-state index in [-0.39, 0.29) is 11.5 Å². The number of rotatable bonds is 4.